The minimum Gasteiger partial charge on any atom is -0.364 e. The molecule has 1 aromatic carbocycles. The van der Waals surface area contributed by atoms with Gasteiger partial charge in [-0.15, -0.1) is 10.2 Å². The van der Waals surface area contributed by atoms with Crippen molar-refractivity contribution in [1.82, 2.24) is 15.2 Å². The van der Waals surface area contributed by atoms with Gasteiger partial charge >= 0.3 is 0 Å². The van der Waals surface area contributed by atoms with Crippen molar-refractivity contribution in [3.05, 3.63) is 76.2 Å². The second-order valence-electron chi connectivity index (χ2n) is 5.10. The van der Waals surface area contributed by atoms with Crippen LogP contribution in [0.5, 0.6) is 0 Å². The first-order chi connectivity index (χ1) is 12.1. The minimum atomic E-state index is -0.421. The van der Waals surface area contributed by atoms with Crippen LogP contribution in [0.4, 0.5) is 11.5 Å². The first-order valence-corrected chi connectivity index (χ1v) is 8.10. The van der Waals surface area contributed by atoms with E-state index in [1.807, 2.05) is 12.1 Å². The van der Waals surface area contributed by atoms with Gasteiger partial charge < -0.3 is 10.6 Å². The topological polar surface area (TPSA) is 79.8 Å². The van der Waals surface area contributed by atoms with E-state index in [1.54, 1.807) is 42.7 Å². The number of nitrogens with one attached hydrogen (secondary N) is 2. The van der Waals surface area contributed by atoms with Crippen molar-refractivity contribution in [2.45, 2.75) is 6.54 Å². The zero-order valence-corrected chi connectivity index (χ0v) is 14.4. The van der Waals surface area contributed by atoms with Crippen molar-refractivity contribution in [3.8, 4) is 0 Å². The number of benzene rings is 1. The Morgan fingerprint density at radius 1 is 1.08 bits per heavy atom. The average Bonchev–Trinajstić information content (AvgIpc) is 2.64. The largest absolute Gasteiger partial charge is 0.364 e. The molecule has 0 aliphatic rings. The molecule has 2 heterocycles. The van der Waals surface area contributed by atoms with Crippen LogP contribution in [0.15, 0.2) is 54.9 Å². The van der Waals surface area contributed by atoms with Crippen molar-refractivity contribution < 1.29 is 4.79 Å². The Morgan fingerprint density at radius 2 is 1.96 bits per heavy atom. The van der Waals surface area contributed by atoms with Gasteiger partial charge in [-0.05, 0) is 42.0 Å². The Hall–Kier alpha value is -2.70. The van der Waals surface area contributed by atoms with E-state index in [4.69, 9.17) is 23.2 Å². The Bertz CT molecular complexity index is 872. The van der Waals surface area contributed by atoms with Crippen molar-refractivity contribution >= 4 is 40.6 Å². The van der Waals surface area contributed by atoms with E-state index in [9.17, 15) is 4.79 Å². The number of carbonyl (C=O) groups excluding carboxylic acids is 1. The minimum absolute atomic E-state index is 0.169. The maximum atomic E-state index is 12.2. The molecule has 0 spiro atoms. The smallest absolute Gasteiger partial charge is 0.276 e. The molecule has 0 radical (unpaired) electrons. The van der Waals surface area contributed by atoms with E-state index in [2.05, 4.69) is 25.8 Å². The summed E-state index contributed by atoms with van der Waals surface area (Å²) in [7, 11) is 0. The van der Waals surface area contributed by atoms with Crippen molar-refractivity contribution in [2.24, 2.45) is 0 Å². The summed E-state index contributed by atoms with van der Waals surface area (Å²) in [6, 6.07) is 11.9. The third kappa shape index (κ3) is 4.65. The molecule has 3 aromatic rings. The number of anilines is 2. The van der Waals surface area contributed by atoms with E-state index in [-0.39, 0.29) is 5.69 Å². The van der Waals surface area contributed by atoms with Gasteiger partial charge in [0.05, 0.1) is 10.7 Å². The predicted molar refractivity (Wildman–Crippen MR) is 98.0 cm³/mol. The normalized spacial score (nSPS) is 10.3. The standard InChI is InChI=1S/C17H13Cl2N5O/c18-12-3-4-13(19)15(8-12)22-17(25)14-5-6-16(24-23-14)21-10-11-2-1-7-20-9-11/h1-9H,10H2,(H,21,24)(H,22,25). The summed E-state index contributed by atoms with van der Waals surface area (Å²) >= 11 is 11.9. The molecule has 6 nitrogen and oxygen atoms in total. The molecular weight excluding hydrogens is 361 g/mol. The summed E-state index contributed by atoms with van der Waals surface area (Å²) in [5, 5.41) is 14.5. The van der Waals surface area contributed by atoms with Crippen LogP contribution in [-0.2, 0) is 6.54 Å². The molecule has 0 saturated carbocycles. The molecule has 0 saturated heterocycles. The number of nitrogens with zero attached hydrogens (tertiary/aromatic N) is 3. The van der Waals surface area contributed by atoms with Crippen molar-refractivity contribution in [2.75, 3.05) is 10.6 Å². The lowest BCUT2D eigenvalue weighted by Gasteiger charge is -2.08. The number of rotatable bonds is 5. The number of hydrogen-bond acceptors (Lipinski definition) is 5. The van der Waals surface area contributed by atoms with Crippen LogP contribution in [0.25, 0.3) is 0 Å². The van der Waals surface area contributed by atoms with Gasteiger partial charge in [0.15, 0.2) is 5.69 Å². The second-order valence-corrected chi connectivity index (χ2v) is 5.94. The Kier molecular flexibility index (Phi) is 5.42. The highest BCUT2D eigenvalue weighted by atomic mass is 35.5. The van der Waals surface area contributed by atoms with Gasteiger partial charge in [-0.25, -0.2) is 0 Å². The number of pyridine rings is 1. The molecule has 0 aliphatic heterocycles. The van der Waals surface area contributed by atoms with E-state index in [1.165, 1.54) is 0 Å². The number of carbonyl (C=O) groups is 1. The van der Waals surface area contributed by atoms with Crippen LogP contribution in [-0.4, -0.2) is 21.1 Å². The number of hydrogen-bond donors (Lipinski definition) is 2. The first-order valence-electron chi connectivity index (χ1n) is 7.35. The fourth-order valence-electron chi connectivity index (χ4n) is 2.02. The lowest BCUT2D eigenvalue weighted by atomic mass is 10.3. The van der Waals surface area contributed by atoms with Crippen molar-refractivity contribution in [1.29, 1.82) is 0 Å². The summed E-state index contributed by atoms with van der Waals surface area (Å²) in [6.45, 7) is 0.562. The maximum Gasteiger partial charge on any atom is 0.276 e. The van der Waals surface area contributed by atoms with Gasteiger partial charge in [0, 0.05) is 24.0 Å². The molecule has 0 bridgehead atoms. The highest BCUT2D eigenvalue weighted by Crippen LogP contribution is 2.25. The number of aromatic nitrogens is 3. The maximum absolute atomic E-state index is 12.2. The Labute approximate surface area is 154 Å². The molecule has 1 amide bonds. The van der Waals surface area contributed by atoms with Gasteiger partial charge in [0.2, 0.25) is 0 Å². The van der Waals surface area contributed by atoms with Gasteiger partial charge in [-0.1, -0.05) is 29.3 Å². The third-order valence-corrected chi connectivity index (χ3v) is 3.83. The molecule has 0 aliphatic carbocycles. The monoisotopic (exact) mass is 373 g/mol. The molecule has 126 valence electrons. The van der Waals surface area contributed by atoms with Gasteiger partial charge in [0.25, 0.3) is 5.91 Å². The fourth-order valence-corrected chi connectivity index (χ4v) is 2.36. The zero-order valence-electron chi connectivity index (χ0n) is 12.9. The Balaban J connectivity index is 1.63. The van der Waals surface area contributed by atoms with Crippen molar-refractivity contribution in [3.63, 3.8) is 0 Å². The Morgan fingerprint density at radius 3 is 2.68 bits per heavy atom. The van der Waals surface area contributed by atoms with Crippen LogP contribution in [0.2, 0.25) is 10.0 Å². The third-order valence-electron chi connectivity index (χ3n) is 3.27. The molecule has 0 fully saturated rings. The molecule has 2 aromatic heterocycles. The SMILES string of the molecule is O=C(Nc1cc(Cl)ccc1Cl)c1ccc(NCc2cccnc2)nn1. The van der Waals surface area contributed by atoms with Crippen LogP contribution >= 0.6 is 23.2 Å². The number of halogens is 2. The average molecular weight is 374 g/mol. The molecule has 0 atom stereocenters. The summed E-state index contributed by atoms with van der Waals surface area (Å²) in [6.07, 6.45) is 3.47. The molecular formula is C17H13Cl2N5O. The predicted octanol–water partition coefficient (Wildman–Crippen LogP) is 4.04. The van der Waals surface area contributed by atoms with Gasteiger partial charge in [0.1, 0.15) is 5.82 Å². The van der Waals surface area contributed by atoms with Crippen LogP contribution < -0.4 is 10.6 Å². The first kappa shape index (κ1) is 17.1. The lowest BCUT2D eigenvalue weighted by molar-refractivity contribution is 0.102. The summed E-state index contributed by atoms with van der Waals surface area (Å²) < 4.78 is 0. The summed E-state index contributed by atoms with van der Waals surface area (Å²) in [5.41, 5.74) is 1.60. The van der Waals surface area contributed by atoms with Crippen LogP contribution in [0, 0.1) is 0 Å². The quantitative estimate of drug-likeness (QED) is 0.705. The second kappa shape index (κ2) is 7.92. The molecule has 8 heteroatoms. The van der Waals surface area contributed by atoms with Crippen LogP contribution in [0.3, 0.4) is 0 Å². The summed E-state index contributed by atoms with van der Waals surface area (Å²) in [5.74, 6) is 0.136. The number of amides is 1. The molecule has 0 unspecified atom stereocenters. The highest BCUT2D eigenvalue weighted by Gasteiger charge is 2.11. The summed E-state index contributed by atoms with van der Waals surface area (Å²) in [4.78, 5) is 16.3. The highest BCUT2D eigenvalue weighted by molar-refractivity contribution is 6.35. The fraction of sp³-hybridized carbons (Fsp3) is 0.0588. The molecule has 25 heavy (non-hydrogen) atoms. The zero-order chi connectivity index (χ0) is 17.6. The lowest BCUT2D eigenvalue weighted by Crippen LogP contribution is -2.15. The van der Waals surface area contributed by atoms with E-state index in [0.717, 1.165) is 5.56 Å². The van der Waals surface area contributed by atoms with Gasteiger partial charge in [-0.3, -0.25) is 9.78 Å². The van der Waals surface area contributed by atoms with Gasteiger partial charge in [-0.2, -0.15) is 0 Å². The molecule has 2 N–H and O–H groups in total. The van der Waals surface area contributed by atoms with E-state index >= 15 is 0 Å². The van der Waals surface area contributed by atoms with Crippen LogP contribution in [0.1, 0.15) is 16.1 Å². The van der Waals surface area contributed by atoms with E-state index < -0.39 is 5.91 Å². The molecule has 3 rings (SSSR count). The van der Waals surface area contributed by atoms with E-state index in [0.29, 0.717) is 28.1 Å².